The highest BCUT2D eigenvalue weighted by Crippen LogP contribution is 2.09. The van der Waals surface area contributed by atoms with E-state index in [-0.39, 0.29) is 17.9 Å². The minimum Gasteiger partial charge on any atom is -0.467 e. The summed E-state index contributed by atoms with van der Waals surface area (Å²) in [5.41, 5.74) is 2.32. The zero-order chi connectivity index (χ0) is 15.0. The van der Waals surface area contributed by atoms with Gasteiger partial charge in [-0.2, -0.15) is 15.0 Å². The first kappa shape index (κ1) is 15.9. The highest BCUT2D eigenvalue weighted by Gasteiger charge is 2.10. The van der Waals surface area contributed by atoms with Crippen LogP contribution in [0.3, 0.4) is 0 Å². The lowest BCUT2D eigenvalue weighted by atomic mass is 10.3. The number of carbonyl (C=O) groups excluding carboxylic acids is 1. The number of carbonyl (C=O) groups is 1. The molecule has 0 saturated carbocycles. The Balaban J connectivity index is 2.55. The summed E-state index contributed by atoms with van der Waals surface area (Å²) in [6.45, 7) is 5.73. The standard InChI is InChI=1S/C11H21N7O2/c1-4-18(5-2)8(19)6-7-13-9-14-10(17-12)16-11(15-9)20-3/h4-7,12H2,1-3H3,(H2,13,14,15,16,17). The largest absolute Gasteiger partial charge is 0.467 e. The average molecular weight is 283 g/mol. The van der Waals surface area contributed by atoms with E-state index < -0.39 is 0 Å². The summed E-state index contributed by atoms with van der Waals surface area (Å²) in [5.74, 6) is 5.82. The summed E-state index contributed by atoms with van der Waals surface area (Å²) >= 11 is 0. The fourth-order valence-electron chi connectivity index (χ4n) is 1.61. The molecule has 9 heteroatoms. The molecule has 0 aliphatic heterocycles. The molecule has 4 N–H and O–H groups in total. The van der Waals surface area contributed by atoms with Crippen molar-refractivity contribution in [2.45, 2.75) is 20.3 Å². The maximum absolute atomic E-state index is 11.8. The number of hydrogen-bond donors (Lipinski definition) is 3. The van der Waals surface area contributed by atoms with Crippen LogP contribution in [0.1, 0.15) is 20.3 Å². The Morgan fingerprint density at radius 3 is 2.45 bits per heavy atom. The molecule has 0 spiro atoms. The van der Waals surface area contributed by atoms with Crippen LogP contribution < -0.4 is 21.3 Å². The van der Waals surface area contributed by atoms with Crippen LogP contribution in [0.4, 0.5) is 11.9 Å². The number of nitrogen functional groups attached to an aromatic ring is 1. The minimum absolute atomic E-state index is 0.0840. The fourth-order valence-corrected chi connectivity index (χ4v) is 1.61. The van der Waals surface area contributed by atoms with Gasteiger partial charge in [0, 0.05) is 26.1 Å². The zero-order valence-corrected chi connectivity index (χ0v) is 12.0. The topological polar surface area (TPSA) is 118 Å². The number of nitrogens with one attached hydrogen (secondary N) is 2. The normalized spacial score (nSPS) is 10.0. The summed E-state index contributed by atoms with van der Waals surface area (Å²) in [6.07, 6.45) is 0.362. The van der Waals surface area contributed by atoms with Crippen molar-refractivity contribution in [3.63, 3.8) is 0 Å². The molecule has 1 rings (SSSR count). The van der Waals surface area contributed by atoms with Gasteiger partial charge in [-0.25, -0.2) is 5.84 Å². The van der Waals surface area contributed by atoms with Crippen molar-refractivity contribution in [2.24, 2.45) is 5.84 Å². The Morgan fingerprint density at radius 2 is 1.90 bits per heavy atom. The highest BCUT2D eigenvalue weighted by molar-refractivity contribution is 5.76. The summed E-state index contributed by atoms with van der Waals surface area (Å²) < 4.78 is 4.92. The maximum Gasteiger partial charge on any atom is 0.322 e. The molecule has 0 aliphatic carbocycles. The Hall–Kier alpha value is -2.16. The van der Waals surface area contributed by atoms with Crippen molar-refractivity contribution in [3.05, 3.63) is 0 Å². The van der Waals surface area contributed by atoms with Gasteiger partial charge in [-0.15, -0.1) is 0 Å². The van der Waals surface area contributed by atoms with E-state index in [4.69, 9.17) is 10.6 Å². The maximum atomic E-state index is 11.8. The number of hydrogen-bond acceptors (Lipinski definition) is 8. The Morgan fingerprint density at radius 1 is 1.25 bits per heavy atom. The predicted molar refractivity (Wildman–Crippen MR) is 75.2 cm³/mol. The molecule has 0 atom stereocenters. The fraction of sp³-hybridized carbons (Fsp3) is 0.636. The second-order valence-corrected chi connectivity index (χ2v) is 3.86. The lowest BCUT2D eigenvalue weighted by molar-refractivity contribution is -0.130. The Labute approximate surface area is 117 Å². The molecular weight excluding hydrogens is 262 g/mol. The molecule has 1 aromatic heterocycles. The quantitative estimate of drug-likeness (QED) is 0.445. The molecule has 0 aromatic carbocycles. The van der Waals surface area contributed by atoms with Crippen LogP contribution in [-0.4, -0.2) is 52.5 Å². The van der Waals surface area contributed by atoms with Crippen molar-refractivity contribution >= 4 is 17.8 Å². The third-order valence-electron chi connectivity index (χ3n) is 2.66. The van der Waals surface area contributed by atoms with Crippen LogP contribution >= 0.6 is 0 Å². The number of ether oxygens (including phenoxy) is 1. The molecule has 0 aliphatic rings. The number of nitrogens with zero attached hydrogens (tertiary/aromatic N) is 4. The molecule has 9 nitrogen and oxygen atoms in total. The predicted octanol–water partition coefficient (Wildman–Crippen LogP) is -0.164. The van der Waals surface area contributed by atoms with Crippen LogP contribution in [0.5, 0.6) is 6.01 Å². The summed E-state index contributed by atoms with van der Waals surface area (Å²) in [4.78, 5) is 25.5. The summed E-state index contributed by atoms with van der Waals surface area (Å²) in [6, 6.07) is 0.144. The number of aromatic nitrogens is 3. The Kier molecular flexibility index (Phi) is 6.44. The molecule has 1 aromatic rings. The highest BCUT2D eigenvalue weighted by atomic mass is 16.5. The monoisotopic (exact) mass is 283 g/mol. The number of methoxy groups -OCH3 is 1. The smallest absolute Gasteiger partial charge is 0.322 e. The van der Waals surface area contributed by atoms with Gasteiger partial charge in [0.1, 0.15) is 0 Å². The van der Waals surface area contributed by atoms with E-state index in [1.165, 1.54) is 7.11 Å². The lowest BCUT2D eigenvalue weighted by Crippen LogP contribution is -2.31. The van der Waals surface area contributed by atoms with E-state index in [0.29, 0.717) is 32.0 Å². The molecule has 20 heavy (non-hydrogen) atoms. The van der Waals surface area contributed by atoms with Crippen molar-refractivity contribution in [3.8, 4) is 6.01 Å². The molecule has 1 amide bonds. The number of amides is 1. The molecule has 0 bridgehead atoms. The molecule has 0 radical (unpaired) electrons. The van der Waals surface area contributed by atoms with E-state index >= 15 is 0 Å². The molecule has 1 heterocycles. The van der Waals surface area contributed by atoms with Crippen molar-refractivity contribution in [1.29, 1.82) is 0 Å². The zero-order valence-electron chi connectivity index (χ0n) is 12.0. The van der Waals surface area contributed by atoms with Crippen LogP contribution in [0, 0.1) is 0 Å². The molecule has 0 unspecified atom stereocenters. The van der Waals surface area contributed by atoms with Gasteiger partial charge in [0.2, 0.25) is 17.8 Å². The number of anilines is 2. The third-order valence-corrected chi connectivity index (χ3v) is 2.66. The van der Waals surface area contributed by atoms with Gasteiger partial charge in [-0.1, -0.05) is 0 Å². The first-order chi connectivity index (χ1) is 9.64. The van der Waals surface area contributed by atoms with Crippen LogP contribution in [-0.2, 0) is 4.79 Å². The molecular formula is C11H21N7O2. The number of rotatable bonds is 8. The molecule has 0 fully saturated rings. The van der Waals surface area contributed by atoms with Crippen LogP contribution in [0.2, 0.25) is 0 Å². The van der Waals surface area contributed by atoms with Crippen molar-refractivity contribution in [2.75, 3.05) is 37.5 Å². The van der Waals surface area contributed by atoms with Gasteiger partial charge in [0.25, 0.3) is 0 Å². The van der Waals surface area contributed by atoms with Gasteiger partial charge >= 0.3 is 6.01 Å². The van der Waals surface area contributed by atoms with Gasteiger partial charge in [-0.05, 0) is 13.8 Å². The van der Waals surface area contributed by atoms with E-state index in [1.54, 1.807) is 4.90 Å². The lowest BCUT2D eigenvalue weighted by Gasteiger charge is -2.18. The number of nitrogens with two attached hydrogens (primary N) is 1. The first-order valence-corrected chi connectivity index (χ1v) is 6.42. The molecule has 112 valence electrons. The average Bonchev–Trinajstić information content (AvgIpc) is 2.48. The summed E-state index contributed by atoms with van der Waals surface area (Å²) in [5, 5.41) is 2.94. The second kappa shape index (κ2) is 8.10. The van der Waals surface area contributed by atoms with E-state index in [1.807, 2.05) is 13.8 Å². The van der Waals surface area contributed by atoms with Crippen LogP contribution in [0.15, 0.2) is 0 Å². The third kappa shape index (κ3) is 4.50. The van der Waals surface area contributed by atoms with E-state index in [9.17, 15) is 4.79 Å². The second-order valence-electron chi connectivity index (χ2n) is 3.86. The van der Waals surface area contributed by atoms with Crippen molar-refractivity contribution < 1.29 is 9.53 Å². The first-order valence-electron chi connectivity index (χ1n) is 6.42. The van der Waals surface area contributed by atoms with Gasteiger partial charge in [-0.3, -0.25) is 10.2 Å². The molecule has 0 saturated heterocycles. The minimum atomic E-state index is 0.0840. The van der Waals surface area contributed by atoms with Crippen LogP contribution in [0.25, 0.3) is 0 Å². The van der Waals surface area contributed by atoms with Gasteiger partial charge in [0.05, 0.1) is 7.11 Å². The number of hydrazine groups is 1. The van der Waals surface area contributed by atoms with E-state index in [0.717, 1.165) is 0 Å². The SMILES string of the molecule is CCN(CC)C(=O)CCNc1nc(NN)nc(OC)n1. The van der Waals surface area contributed by atoms with Gasteiger partial charge < -0.3 is 15.0 Å². The van der Waals surface area contributed by atoms with Crippen molar-refractivity contribution in [1.82, 2.24) is 19.9 Å². The van der Waals surface area contributed by atoms with E-state index in [2.05, 4.69) is 25.7 Å². The Bertz CT molecular complexity index is 415. The van der Waals surface area contributed by atoms with Gasteiger partial charge in [0.15, 0.2) is 0 Å². The summed E-state index contributed by atoms with van der Waals surface area (Å²) in [7, 11) is 1.45.